The third-order valence-corrected chi connectivity index (χ3v) is 5.67. The topological polar surface area (TPSA) is 76.1 Å². The maximum atomic E-state index is 12.5. The first-order valence-corrected chi connectivity index (χ1v) is 11.0. The number of carbonyl (C=O) groups excluding carboxylic acids is 1. The third-order valence-electron chi connectivity index (χ3n) is 5.44. The molecule has 0 fully saturated rings. The van der Waals surface area contributed by atoms with E-state index in [1.165, 1.54) is 0 Å². The number of hydrogen-bond acceptors (Lipinski definition) is 5. The zero-order chi connectivity index (χ0) is 22.6. The van der Waals surface area contributed by atoms with Crippen molar-refractivity contribution in [2.45, 2.75) is 19.0 Å². The van der Waals surface area contributed by atoms with E-state index in [2.05, 4.69) is 20.6 Å². The molecule has 0 saturated heterocycles. The Balaban J connectivity index is 1.32. The average Bonchev–Trinajstić information content (AvgIpc) is 3.00. The number of fused-ring (bicyclic) bond motifs is 2. The number of rotatable bonds is 5. The SMILES string of the molecule is O=C(NCc1ccccn1)c1ccc(CC2Nc3cc(Cl)ccc3Oc3ccccc32)cn1. The molecule has 0 bridgehead atoms. The largest absolute Gasteiger partial charge is 0.455 e. The summed E-state index contributed by atoms with van der Waals surface area (Å²) in [7, 11) is 0. The molecule has 1 unspecified atom stereocenters. The van der Waals surface area contributed by atoms with Crippen molar-refractivity contribution in [3.63, 3.8) is 0 Å². The molecule has 3 heterocycles. The number of amides is 1. The van der Waals surface area contributed by atoms with E-state index >= 15 is 0 Å². The molecule has 1 atom stereocenters. The van der Waals surface area contributed by atoms with Gasteiger partial charge in [0.25, 0.3) is 5.91 Å². The van der Waals surface area contributed by atoms with Crippen molar-refractivity contribution >= 4 is 23.2 Å². The Morgan fingerprint density at radius 3 is 2.70 bits per heavy atom. The second-order valence-electron chi connectivity index (χ2n) is 7.74. The number of benzene rings is 2. The minimum absolute atomic E-state index is 0.0495. The minimum Gasteiger partial charge on any atom is -0.455 e. The molecule has 1 aliphatic heterocycles. The lowest BCUT2D eigenvalue weighted by Crippen LogP contribution is -2.24. The first-order chi connectivity index (χ1) is 16.2. The number of pyridine rings is 2. The minimum atomic E-state index is -0.234. The van der Waals surface area contributed by atoms with E-state index in [4.69, 9.17) is 16.3 Å². The van der Waals surface area contributed by atoms with E-state index in [0.717, 1.165) is 34.0 Å². The van der Waals surface area contributed by atoms with Crippen molar-refractivity contribution < 1.29 is 9.53 Å². The normalized spacial score (nSPS) is 14.2. The highest BCUT2D eigenvalue weighted by Crippen LogP contribution is 2.41. The van der Waals surface area contributed by atoms with Gasteiger partial charge in [-0.3, -0.25) is 14.8 Å². The molecular formula is C26H21ClN4O2. The van der Waals surface area contributed by atoms with Crippen LogP contribution in [-0.2, 0) is 13.0 Å². The van der Waals surface area contributed by atoms with Crippen LogP contribution in [0.5, 0.6) is 11.5 Å². The molecule has 164 valence electrons. The van der Waals surface area contributed by atoms with E-state index in [-0.39, 0.29) is 11.9 Å². The number of nitrogens with one attached hydrogen (secondary N) is 2. The highest BCUT2D eigenvalue weighted by molar-refractivity contribution is 6.30. The Bertz CT molecular complexity index is 1280. The summed E-state index contributed by atoms with van der Waals surface area (Å²) in [5.74, 6) is 1.30. The number of halogens is 1. The fourth-order valence-electron chi connectivity index (χ4n) is 3.79. The molecule has 2 aromatic heterocycles. The molecule has 7 heteroatoms. The van der Waals surface area contributed by atoms with Crippen LogP contribution in [0.4, 0.5) is 5.69 Å². The van der Waals surface area contributed by atoms with E-state index in [0.29, 0.717) is 23.7 Å². The van der Waals surface area contributed by atoms with Crippen molar-refractivity contribution in [3.05, 3.63) is 113 Å². The van der Waals surface area contributed by atoms with Crippen LogP contribution in [-0.4, -0.2) is 15.9 Å². The standard InChI is InChI=1S/C26H21ClN4O2/c27-18-9-11-25-23(14-18)31-22(20-6-1-2-7-24(20)33-25)13-17-8-10-21(29-15-17)26(32)30-16-19-5-3-4-12-28-19/h1-12,14-15,22,31H,13,16H2,(H,30,32). The summed E-state index contributed by atoms with van der Waals surface area (Å²) >= 11 is 6.21. The monoisotopic (exact) mass is 456 g/mol. The number of anilines is 1. The Hall–Kier alpha value is -3.90. The van der Waals surface area contributed by atoms with Gasteiger partial charge in [-0.05, 0) is 54.4 Å². The smallest absolute Gasteiger partial charge is 0.270 e. The number of ether oxygens (including phenoxy) is 1. The van der Waals surface area contributed by atoms with Gasteiger partial charge in [0.05, 0.1) is 24.0 Å². The van der Waals surface area contributed by atoms with Crippen molar-refractivity contribution in [1.82, 2.24) is 15.3 Å². The lowest BCUT2D eigenvalue weighted by molar-refractivity contribution is 0.0945. The average molecular weight is 457 g/mol. The summed E-state index contributed by atoms with van der Waals surface area (Å²) in [5.41, 5.74) is 4.03. The Kier molecular flexibility index (Phi) is 5.91. The molecule has 2 aromatic carbocycles. The van der Waals surface area contributed by atoms with Crippen LogP contribution in [0, 0.1) is 0 Å². The molecule has 0 spiro atoms. The number of hydrogen-bond donors (Lipinski definition) is 2. The molecular weight excluding hydrogens is 436 g/mol. The molecule has 1 amide bonds. The quantitative estimate of drug-likeness (QED) is 0.411. The second kappa shape index (κ2) is 9.30. The van der Waals surface area contributed by atoms with Crippen molar-refractivity contribution in [2.24, 2.45) is 0 Å². The molecule has 2 N–H and O–H groups in total. The fourth-order valence-corrected chi connectivity index (χ4v) is 3.96. The van der Waals surface area contributed by atoms with E-state index in [1.807, 2.05) is 66.7 Å². The zero-order valence-corrected chi connectivity index (χ0v) is 18.4. The molecule has 0 saturated carbocycles. The summed E-state index contributed by atoms with van der Waals surface area (Å²) in [6, 6.07) is 22.7. The van der Waals surface area contributed by atoms with Crippen LogP contribution >= 0.6 is 11.6 Å². The van der Waals surface area contributed by atoms with E-state index in [1.54, 1.807) is 18.5 Å². The van der Waals surface area contributed by atoms with Crippen LogP contribution in [0.15, 0.2) is 85.2 Å². The molecule has 0 radical (unpaired) electrons. The van der Waals surface area contributed by atoms with Gasteiger partial charge in [-0.2, -0.15) is 0 Å². The van der Waals surface area contributed by atoms with Gasteiger partial charge in [0.1, 0.15) is 11.4 Å². The van der Waals surface area contributed by atoms with Crippen LogP contribution < -0.4 is 15.4 Å². The van der Waals surface area contributed by atoms with Crippen LogP contribution in [0.3, 0.4) is 0 Å². The molecule has 33 heavy (non-hydrogen) atoms. The summed E-state index contributed by atoms with van der Waals surface area (Å²) < 4.78 is 6.14. The third kappa shape index (κ3) is 4.81. The van der Waals surface area contributed by atoms with Crippen LogP contribution in [0.25, 0.3) is 0 Å². The van der Waals surface area contributed by atoms with Crippen molar-refractivity contribution in [1.29, 1.82) is 0 Å². The van der Waals surface area contributed by atoms with Gasteiger partial charge in [-0.25, -0.2) is 0 Å². The molecule has 0 aliphatic carbocycles. The predicted octanol–water partition coefficient (Wildman–Crippen LogP) is 5.56. The maximum Gasteiger partial charge on any atom is 0.270 e. The highest BCUT2D eigenvalue weighted by atomic mass is 35.5. The molecule has 5 rings (SSSR count). The van der Waals surface area contributed by atoms with Crippen LogP contribution in [0.2, 0.25) is 5.02 Å². The van der Waals surface area contributed by atoms with Crippen molar-refractivity contribution in [2.75, 3.05) is 5.32 Å². The predicted molar refractivity (Wildman–Crippen MR) is 128 cm³/mol. The van der Waals surface area contributed by atoms with Crippen LogP contribution in [0.1, 0.15) is 33.4 Å². The van der Waals surface area contributed by atoms with Gasteiger partial charge in [0.2, 0.25) is 0 Å². The molecule has 1 aliphatic rings. The number of nitrogens with zero attached hydrogens (tertiary/aromatic N) is 2. The van der Waals surface area contributed by atoms with Gasteiger partial charge < -0.3 is 15.4 Å². The Morgan fingerprint density at radius 1 is 1.00 bits per heavy atom. The Labute approximate surface area is 196 Å². The van der Waals surface area contributed by atoms with E-state index in [9.17, 15) is 4.79 Å². The van der Waals surface area contributed by atoms with E-state index < -0.39 is 0 Å². The lowest BCUT2D eigenvalue weighted by atomic mass is 9.98. The zero-order valence-electron chi connectivity index (χ0n) is 17.7. The lowest BCUT2D eigenvalue weighted by Gasteiger charge is -2.19. The number of aromatic nitrogens is 2. The summed E-state index contributed by atoms with van der Waals surface area (Å²) in [5, 5.41) is 7.04. The highest BCUT2D eigenvalue weighted by Gasteiger charge is 2.23. The second-order valence-corrected chi connectivity index (χ2v) is 8.17. The van der Waals surface area contributed by atoms with Gasteiger partial charge in [-0.1, -0.05) is 41.9 Å². The molecule has 4 aromatic rings. The first kappa shape index (κ1) is 21.0. The van der Waals surface area contributed by atoms with Gasteiger partial charge in [-0.15, -0.1) is 0 Å². The summed E-state index contributed by atoms with van der Waals surface area (Å²) in [6.07, 6.45) is 4.10. The maximum absolute atomic E-state index is 12.5. The number of carbonyl (C=O) groups is 1. The summed E-state index contributed by atoms with van der Waals surface area (Å²) in [4.78, 5) is 21.0. The van der Waals surface area contributed by atoms with Gasteiger partial charge in [0.15, 0.2) is 5.75 Å². The van der Waals surface area contributed by atoms with Gasteiger partial charge in [0, 0.05) is 23.0 Å². The molecule has 6 nitrogen and oxygen atoms in total. The van der Waals surface area contributed by atoms with Gasteiger partial charge >= 0.3 is 0 Å². The fraction of sp³-hybridized carbons (Fsp3) is 0.115. The van der Waals surface area contributed by atoms with Crippen molar-refractivity contribution in [3.8, 4) is 11.5 Å². The first-order valence-electron chi connectivity index (χ1n) is 10.6. The number of para-hydroxylation sites is 1. The summed E-state index contributed by atoms with van der Waals surface area (Å²) in [6.45, 7) is 0.355. The Morgan fingerprint density at radius 2 is 1.88 bits per heavy atom.